The van der Waals surface area contributed by atoms with Crippen LogP contribution in [0.1, 0.15) is 12.8 Å². The van der Waals surface area contributed by atoms with E-state index in [0.29, 0.717) is 26.1 Å². The van der Waals surface area contributed by atoms with Crippen LogP contribution in [0.3, 0.4) is 0 Å². The molecule has 0 aromatic rings. The van der Waals surface area contributed by atoms with Gasteiger partial charge in [-0.15, -0.1) is 0 Å². The van der Waals surface area contributed by atoms with Crippen molar-refractivity contribution in [1.82, 2.24) is 0 Å². The summed E-state index contributed by atoms with van der Waals surface area (Å²) in [6.45, 7) is 1.13. The SMILES string of the molecule is O=C(O)C1(CC2CO2)C=CC(CC2CO2)(C(=O)O)C=C1. The first-order valence-electron chi connectivity index (χ1n) is 6.57. The van der Waals surface area contributed by atoms with Crippen LogP contribution in [0.2, 0.25) is 0 Å². The first kappa shape index (κ1) is 13.3. The molecule has 2 atom stereocenters. The summed E-state index contributed by atoms with van der Waals surface area (Å²) in [6.07, 6.45) is 6.55. The second-order valence-corrected chi connectivity index (χ2v) is 5.68. The number of hydrogen-bond donors (Lipinski definition) is 2. The molecular weight excluding hydrogens is 264 g/mol. The highest BCUT2D eigenvalue weighted by molar-refractivity contribution is 5.85. The minimum absolute atomic E-state index is 0.0514. The Morgan fingerprint density at radius 2 is 1.20 bits per heavy atom. The van der Waals surface area contributed by atoms with Gasteiger partial charge in [0.1, 0.15) is 10.8 Å². The lowest BCUT2D eigenvalue weighted by Crippen LogP contribution is -2.36. The summed E-state index contributed by atoms with van der Waals surface area (Å²) in [5.74, 6) is -1.97. The van der Waals surface area contributed by atoms with Crippen LogP contribution in [0.5, 0.6) is 0 Å². The van der Waals surface area contributed by atoms with Gasteiger partial charge in [0.2, 0.25) is 0 Å². The molecule has 2 aliphatic heterocycles. The minimum atomic E-state index is -1.16. The van der Waals surface area contributed by atoms with Gasteiger partial charge in [-0.25, -0.2) is 0 Å². The summed E-state index contributed by atoms with van der Waals surface area (Å²) in [6, 6.07) is 0. The first-order valence-corrected chi connectivity index (χ1v) is 6.57. The summed E-state index contributed by atoms with van der Waals surface area (Å²) in [5, 5.41) is 18.9. The molecule has 3 rings (SSSR count). The normalized spacial score (nSPS) is 41.4. The van der Waals surface area contributed by atoms with E-state index < -0.39 is 22.8 Å². The maximum Gasteiger partial charge on any atom is 0.317 e. The van der Waals surface area contributed by atoms with E-state index in [0.717, 1.165) is 0 Å². The van der Waals surface area contributed by atoms with Crippen LogP contribution < -0.4 is 0 Å². The third-order valence-electron chi connectivity index (χ3n) is 4.09. The van der Waals surface area contributed by atoms with Crippen LogP contribution in [-0.4, -0.2) is 47.6 Å². The predicted molar refractivity (Wildman–Crippen MR) is 67.1 cm³/mol. The van der Waals surface area contributed by atoms with E-state index in [9.17, 15) is 19.8 Å². The molecule has 0 bridgehead atoms. The Labute approximate surface area is 115 Å². The number of epoxide rings is 2. The molecule has 0 saturated carbocycles. The summed E-state index contributed by atoms with van der Waals surface area (Å²) < 4.78 is 10.2. The summed E-state index contributed by atoms with van der Waals surface area (Å²) in [5.41, 5.74) is -2.32. The molecule has 0 aromatic carbocycles. The molecule has 0 spiro atoms. The highest BCUT2D eigenvalue weighted by Crippen LogP contribution is 2.43. The largest absolute Gasteiger partial charge is 0.480 e. The molecule has 2 N–H and O–H groups in total. The molecule has 3 aliphatic rings. The van der Waals surface area contributed by atoms with Gasteiger partial charge in [-0.2, -0.15) is 0 Å². The lowest BCUT2D eigenvalue weighted by atomic mass is 9.71. The van der Waals surface area contributed by atoms with Gasteiger partial charge in [-0.3, -0.25) is 9.59 Å². The highest BCUT2D eigenvalue weighted by atomic mass is 16.6. The Morgan fingerprint density at radius 3 is 1.40 bits per heavy atom. The van der Waals surface area contributed by atoms with E-state index in [1.54, 1.807) is 0 Å². The fourth-order valence-electron chi connectivity index (χ4n) is 2.56. The number of hydrogen-bond acceptors (Lipinski definition) is 4. The van der Waals surface area contributed by atoms with E-state index in [1.165, 1.54) is 24.3 Å². The summed E-state index contributed by atoms with van der Waals surface area (Å²) >= 11 is 0. The number of carbonyl (C=O) groups is 2. The Bertz CT molecular complexity index is 440. The van der Waals surface area contributed by atoms with Gasteiger partial charge in [-0.05, 0) is 12.8 Å². The number of rotatable bonds is 6. The molecule has 2 saturated heterocycles. The minimum Gasteiger partial charge on any atom is -0.480 e. The highest BCUT2D eigenvalue weighted by Gasteiger charge is 2.47. The number of carboxylic acid groups (broad SMARTS) is 2. The van der Waals surface area contributed by atoms with Crippen molar-refractivity contribution in [2.75, 3.05) is 13.2 Å². The Hall–Kier alpha value is -1.66. The Balaban J connectivity index is 1.84. The van der Waals surface area contributed by atoms with Crippen molar-refractivity contribution in [1.29, 1.82) is 0 Å². The smallest absolute Gasteiger partial charge is 0.317 e. The van der Waals surface area contributed by atoms with Crippen molar-refractivity contribution in [3.8, 4) is 0 Å². The van der Waals surface area contributed by atoms with Crippen molar-refractivity contribution < 1.29 is 29.3 Å². The van der Waals surface area contributed by atoms with Crippen LogP contribution in [0, 0.1) is 10.8 Å². The van der Waals surface area contributed by atoms with Crippen molar-refractivity contribution in [3.05, 3.63) is 24.3 Å². The number of ether oxygens (including phenoxy) is 2. The van der Waals surface area contributed by atoms with Crippen LogP contribution in [-0.2, 0) is 19.1 Å². The molecule has 0 aromatic heterocycles. The maximum atomic E-state index is 11.5. The zero-order chi connectivity index (χ0) is 14.4. The van der Waals surface area contributed by atoms with E-state index in [-0.39, 0.29) is 12.2 Å². The molecule has 0 amide bonds. The molecular formula is C14H16O6. The quantitative estimate of drug-likeness (QED) is 0.552. The van der Waals surface area contributed by atoms with E-state index in [2.05, 4.69) is 0 Å². The molecule has 108 valence electrons. The molecule has 2 fully saturated rings. The molecule has 0 radical (unpaired) electrons. The van der Waals surface area contributed by atoms with Crippen molar-refractivity contribution in [3.63, 3.8) is 0 Å². The Kier molecular flexibility index (Phi) is 2.95. The van der Waals surface area contributed by atoms with Gasteiger partial charge >= 0.3 is 11.9 Å². The van der Waals surface area contributed by atoms with Gasteiger partial charge in [-0.1, -0.05) is 24.3 Å². The van der Waals surface area contributed by atoms with Crippen LogP contribution in [0.4, 0.5) is 0 Å². The molecule has 6 heteroatoms. The molecule has 6 nitrogen and oxygen atoms in total. The summed E-state index contributed by atoms with van der Waals surface area (Å²) in [7, 11) is 0. The lowest BCUT2D eigenvalue weighted by molar-refractivity contribution is -0.146. The predicted octanol–water partition coefficient (Wildman–Crippen LogP) is 0.832. The zero-order valence-corrected chi connectivity index (χ0v) is 10.8. The molecule has 20 heavy (non-hydrogen) atoms. The van der Waals surface area contributed by atoms with Gasteiger partial charge in [0, 0.05) is 0 Å². The monoisotopic (exact) mass is 280 g/mol. The second kappa shape index (κ2) is 4.43. The number of carboxylic acids is 2. The van der Waals surface area contributed by atoms with Crippen LogP contribution >= 0.6 is 0 Å². The maximum absolute atomic E-state index is 11.5. The summed E-state index contributed by atoms with van der Waals surface area (Å²) in [4.78, 5) is 23.0. The standard InChI is InChI=1S/C14H16O6/c15-11(16)13(5-9-7-19-9)1-2-14(4-3-13,12(17)18)6-10-8-20-10/h1-4,9-10H,5-8H2,(H,15,16)(H,17,18). The van der Waals surface area contributed by atoms with Crippen LogP contribution in [0.15, 0.2) is 24.3 Å². The van der Waals surface area contributed by atoms with Gasteiger partial charge in [0.15, 0.2) is 0 Å². The fraction of sp³-hybridized carbons (Fsp3) is 0.571. The Morgan fingerprint density at radius 1 is 0.900 bits per heavy atom. The van der Waals surface area contributed by atoms with E-state index in [4.69, 9.17) is 9.47 Å². The van der Waals surface area contributed by atoms with Gasteiger partial charge in [0.05, 0.1) is 25.4 Å². The van der Waals surface area contributed by atoms with E-state index in [1.807, 2.05) is 0 Å². The lowest BCUT2D eigenvalue weighted by Gasteiger charge is -2.31. The van der Waals surface area contributed by atoms with E-state index >= 15 is 0 Å². The average molecular weight is 280 g/mol. The average Bonchev–Trinajstić information content (AvgIpc) is 3.27. The van der Waals surface area contributed by atoms with Crippen molar-refractivity contribution >= 4 is 11.9 Å². The topological polar surface area (TPSA) is 99.7 Å². The fourth-order valence-corrected chi connectivity index (χ4v) is 2.56. The first-order chi connectivity index (χ1) is 9.46. The number of aliphatic carboxylic acids is 2. The third kappa shape index (κ3) is 2.36. The van der Waals surface area contributed by atoms with Gasteiger partial charge < -0.3 is 19.7 Å². The zero-order valence-electron chi connectivity index (χ0n) is 10.8. The van der Waals surface area contributed by atoms with Crippen molar-refractivity contribution in [2.24, 2.45) is 10.8 Å². The third-order valence-corrected chi connectivity index (χ3v) is 4.09. The molecule has 2 unspecified atom stereocenters. The van der Waals surface area contributed by atoms with Crippen molar-refractivity contribution in [2.45, 2.75) is 25.0 Å². The van der Waals surface area contributed by atoms with Gasteiger partial charge in [0.25, 0.3) is 0 Å². The molecule has 1 aliphatic carbocycles. The van der Waals surface area contributed by atoms with Crippen LogP contribution in [0.25, 0.3) is 0 Å². The second-order valence-electron chi connectivity index (χ2n) is 5.68. The molecule has 2 heterocycles.